The second kappa shape index (κ2) is 6.38. The van der Waals surface area contributed by atoms with E-state index in [-0.39, 0.29) is 5.97 Å². The first-order valence-electron chi connectivity index (χ1n) is 7.86. The third-order valence-corrected chi connectivity index (χ3v) is 5.66. The van der Waals surface area contributed by atoms with E-state index in [1.807, 2.05) is 18.7 Å². The van der Waals surface area contributed by atoms with Crippen molar-refractivity contribution in [3.63, 3.8) is 0 Å². The summed E-state index contributed by atoms with van der Waals surface area (Å²) >= 11 is 1.91. The van der Waals surface area contributed by atoms with Crippen molar-refractivity contribution in [2.75, 3.05) is 6.61 Å². The molecule has 2 fully saturated rings. The van der Waals surface area contributed by atoms with E-state index in [1.54, 1.807) is 0 Å². The average Bonchev–Trinajstić information content (AvgIpc) is 3.19. The van der Waals surface area contributed by atoms with E-state index in [4.69, 9.17) is 9.26 Å². The molecule has 3 rings (SSSR count). The second-order valence-corrected chi connectivity index (χ2v) is 7.18. The molecule has 0 bridgehead atoms. The molecule has 0 aliphatic heterocycles. The summed E-state index contributed by atoms with van der Waals surface area (Å²) in [6.07, 6.45) is 8.13. The van der Waals surface area contributed by atoms with Crippen molar-refractivity contribution in [3.8, 4) is 0 Å². The van der Waals surface area contributed by atoms with Gasteiger partial charge in [-0.3, -0.25) is 4.79 Å². The summed E-state index contributed by atoms with van der Waals surface area (Å²) in [5.41, 5.74) is -0.642. The number of carbonyl (C=O) groups excluding carboxylic acids is 1. The largest absolute Gasteiger partial charge is 0.465 e. The van der Waals surface area contributed by atoms with Crippen LogP contribution in [0.2, 0.25) is 0 Å². The highest BCUT2D eigenvalue weighted by molar-refractivity contribution is 7.99. The molecule has 1 aromatic rings. The Morgan fingerprint density at radius 3 is 2.81 bits per heavy atom. The number of hydrogen-bond acceptors (Lipinski definition) is 6. The van der Waals surface area contributed by atoms with Crippen LogP contribution in [0.15, 0.2) is 4.52 Å². The van der Waals surface area contributed by atoms with E-state index in [1.165, 1.54) is 32.1 Å². The zero-order valence-corrected chi connectivity index (χ0v) is 13.3. The Labute approximate surface area is 129 Å². The Morgan fingerprint density at radius 2 is 2.14 bits per heavy atom. The number of nitrogens with zero attached hydrogens (tertiary/aromatic N) is 2. The molecule has 6 heteroatoms. The van der Waals surface area contributed by atoms with Crippen molar-refractivity contribution in [1.29, 1.82) is 0 Å². The van der Waals surface area contributed by atoms with Gasteiger partial charge in [0.1, 0.15) is 5.41 Å². The number of hydrogen-bond donors (Lipinski definition) is 0. The van der Waals surface area contributed by atoms with Crippen LogP contribution in [0, 0.1) is 0 Å². The molecule has 0 radical (unpaired) electrons. The van der Waals surface area contributed by atoms with E-state index < -0.39 is 5.41 Å². The Morgan fingerprint density at radius 1 is 1.38 bits per heavy atom. The van der Waals surface area contributed by atoms with Crippen molar-refractivity contribution in [1.82, 2.24) is 10.1 Å². The molecule has 0 aromatic carbocycles. The lowest BCUT2D eigenvalue weighted by Crippen LogP contribution is -2.23. The lowest BCUT2D eigenvalue weighted by Gasteiger charge is -2.20. The van der Waals surface area contributed by atoms with Crippen LogP contribution in [0.4, 0.5) is 0 Å². The molecule has 2 saturated carbocycles. The van der Waals surface area contributed by atoms with Crippen LogP contribution in [-0.4, -0.2) is 28.0 Å². The maximum atomic E-state index is 12.0. The third kappa shape index (κ3) is 3.25. The number of carbonyl (C=O) groups is 1. The first kappa shape index (κ1) is 14.9. The molecule has 0 spiro atoms. The van der Waals surface area contributed by atoms with Gasteiger partial charge in [0.25, 0.3) is 0 Å². The molecule has 2 aliphatic carbocycles. The summed E-state index contributed by atoms with van der Waals surface area (Å²) in [5.74, 6) is 1.70. The van der Waals surface area contributed by atoms with Crippen molar-refractivity contribution in [2.45, 2.75) is 68.3 Å². The van der Waals surface area contributed by atoms with Gasteiger partial charge >= 0.3 is 5.97 Å². The van der Waals surface area contributed by atoms with Crippen LogP contribution in [0.1, 0.15) is 63.6 Å². The topological polar surface area (TPSA) is 65.2 Å². The highest BCUT2D eigenvalue weighted by Gasteiger charge is 2.57. The summed E-state index contributed by atoms with van der Waals surface area (Å²) in [6, 6.07) is 0. The molecule has 0 saturated heterocycles. The van der Waals surface area contributed by atoms with Crippen LogP contribution < -0.4 is 0 Å². The lowest BCUT2D eigenvalue weighted by molar-refractivity contribution is -0.146. The third-order valence-electron chi connectivity index (χ3n) is 4.29. The van der Waals surface area contributed by atoms with Gasteiger partial charge in [0.05, 0.1) is 12.4 Å². The van der Waals surface area contributed by atoms with Crippen LogP contribution in [0.25, 0.3) is 0 Å². The zero-order chi connectivity index (χ0) is 14.7. The Balaban J connectivity index is 1.57. The molecule has 0 atom stereocenters. The maximum absolute atomic E-state index is 12.0. The molecule has 0 unspecified atom stereocenters. The number of aromatic nitrogens is 2. The highest BCUT2D eigenvalue weighted by atomic mass is 32.2. The lowest BCUT2D eigenvalue weighted by atomic mass is 10.0. The predicted octanol–water partition coefficient (Wildman–Crippen LogP) is 3.23. The fourth-order valence-electron chi connectivity index (χ4n) is 2.83. The number of thioether (sulfide) groups is 1. The Kier molecular flexibility index (Phi) is 4.52. The Hall–Kier alpha value is -1.04. The van der Waals surface area contributed by atoms with Crippen LogP contribution in [0.5, 0.6) is 0 Å². The first-order valence-corrected chi connectivity index (χ1v) is 8.91. The SMILES string of the molecule is CCOC(=O)C1(c2nc(CSC3CCCCC3)no2)CC1. The minimum Gasteiger partial charge on any atom is -0.465 e. The summed E-state index contributed by atoms with van der Waals surface area (Å²) < 4.78 is 10.4. The van der Waals surface area contributed by atoms with Gasteiger partial charge in [-0.05, 0) is 32.6 Å². The van der Waals surface area contributed by atoms with Gasteiger partial charge in [-0.2, -0.15) is 16.7 Å². The zero-order valence-electron chi connectivity index (χ0n) is 12.5. The van der Waals surface area contributed by atoms with Crippen molar-refractivity contribution in [2.24, 2.45) is 0 Å². The second-order valence-electron chi connectivity index (χ2n) is 5.89. The van der Waals surface area contributed by atoms with Gasteiger partial charge in [0.15, 0.2) is 5.82 Å². The van der Waals surface area contributed by atoms with E-state index in [0.29, 0.717) is 18.3 Å². The standard InChI is InChI=1S/C15H22N2O3S/c1-2-19-14(18)15(8-9-15)13-16-12(17-20-13)10-21-11-6-4-3-5-7-11/h11H,2-10H2,1H3. The van der Waals surface area contributed by atoms with Gasteiger partial charge in [-0.25, -0.2) is 0 Å². The number of esters is 1. The van der Waals surface area contributed by atoms with E-state index >= 15 is 0 Å². The van der Waals surface area contributed by atoms with Crippen molar-refractivity contribution in [3.05, 3.63) is 11.7 Å². The molecule has 1 aromatic heterocycles. The minimum atomic E-state index is -0.642. The van der Waals surface area contributed by atoms with E-state index in [9.17, 15) is 4.79 Å². The molecule has 0 N–H and O–H groups in total. The highest BCUT2D eigenvalue weighted by Crippen LogP contribution is 2.48. The quantitative estimate of drug-likeness (QED) is 0.752. The molecule has 2 aliphatic rings. The first-order chi connectivity index (χ1) is 10.2. The normalized spacial score (nSPS) is 21.2. The number of rotatable bonds is 6. The monoisotopic (exact) mass is 310 g/mol. The van der Waals surface area contributed by atoms with E-state index in [2.05, 4.69) is 10.1 Å². The van der Waals surface area contributed by atoms with Crippen LogP contribution >= 0.6 is 11.8 Å². The number of ether oxygens (including phenoxy) is 1. The summed E-state index contributed by atoms with van der Waals surface area (Å²) in [7, 11) is 0. The summed E-state index contributed by atoms with van der Waals surface area (Å²) in [6.45, 7) is 2.20. The van der Waals surface area contributed by atoms with Gasteiger partial charge < -0.3 is 9.26 Å². The Bertz CT molecular complexity index is 493. The van der Waals surface area contributed by atoms with Gasteiger partial charge in [0.2, 0.25) is 5.89 Å². The van der Waals surface area contributed by atoms with E-state index in [0.717, 1.165) is 23.8 Å². The fourth-order valence-corrected chi connectivity index (χ4v) is 4.00. The van der Waals surface area contributed by atoms with Crippen molar-refractivity contribution < 1.29 is 14.1 Å². The van der Waals surface area contributed by atoms with Gasteiger partial charge in [0, 0.05) is 5.25 Å². The molecular formula is C15H22N2O3S. The van der Waals surface area contributed by atoms with Crippen LogP contribution in [0.3, 0.4) is 0 Å². The maximum Gasteiger partial charge on any atom is 0.321 e. The van der Waals surface area contributed by atoms with Crippen molar-refractivity contribution >= 4 is 17.7 Å². The molecule has 21 heavy (non-hydrogen) atoms. The van der Waals surface area contributed by atoms with Gasteiger partial charge in [-0.1, -0.05) is 24.4 Å². The smallest absolute Gasteiger partial charge is 0.321 e. The van der Waals surface area contributed by atoms with Gasteiger partial charge in [-0.15, -0.1) is 0 Å². The molecule has 5 nitrogen and oxygen atoms in total. The minimum absolute atomic E-state index is 0.222. The average molecular weight is 310 g/mol. The summed E-state index contributed by atoms with van der Waals surface area (Å²) in [4.78, 5) is 16.4. The molecule has 116 valence electrons. The predicted molar refractivity (Wildman–Crippen MR) is 80.0 cm³/mol. The molecule has 1 heterocycles. The van der Waals surface area contributed by atoms with Crippen LogP contribution in [-0.2, 0) is 20.7 Å². The molecular weight excluding hydrogens is 288 g/mol. The fraction of sp³-hybridized carbons (Fsp3) is 0.800. The summed E-state index contributed by atoms with van der Waals surface area (Å²) in [5, 5.41) is 4.76. The molecule has 0 amide bonds.